The molecule has 2 aromatic rings. The number of aryl methyl sites for hydroxylation is 1. The number of imidazole rings is 1. The first-order valence-electron chi connectivity index (χ1n) is 7.82. The van der Waals surface area contributed by atoms with E-state index in [-0.39, 0.29) is 10.6 Å². The van der Waals surface area contributed by atoms with Gasteiger partial charge in [-0.15, -0.1) is 0 Å². The van der Waals surface area contributed by atoms with E-state index in [0.29, 0.717) is 27.0 Å². The number of nitro groups is 1. The molecule has 1 aromatic heterocycles. The number of nitrogens with one attached hydrogen (secondary N) is 1. The zero-order chi connectivity index (χ0) is 16.6. The van der Waals surface area contributed by atoms with Gasteiger partial charge in [0, 0.05) is 17.1 Å². The number of anilines is 1. The Morgan fingerprint density at radius 3 is 2.70 bits per heavy atom. The standard InChI is InChI=1S/C15H18Br2N4O2/c1-2-20-11-8-10(16)12(17)14(21(22)23)13(11)19-15(20)18-9-6-4-3-5-7-9/h8-9H,2-7H2,1H3,(H,18,19). The molecule has 0 bridgehead atoms. The number of halogens is 2. The molecule has 23 heavy (non-hydrogen) atoms. The van der Waals surface area contributed by atoms with Crippen LogP contribution in [0, 0.1) is 10.1 Å². The molecule has 0 aliphatic heterocycles. The normalized spacial score (nSPS) is 16.0. The minimum absolute atomic E-state index is 0.00766. The minimum atomic E-state index is -0.380. The summed E-state index contributed by atoms with van der Waals surface area (Å²) in [5.74, 6) is 0.725. The van der Waals surface area contributed by atoms with Crippen molar-refractivity contribution in [1.29, 1.82) is 0 Å². The van der Waals surface area contributed by atoms with Crippen molar-refractivity contribution in [2.75, 3.05) is 5.32 Å². The topological polar surface area (TPSA) is 73.0 Å². The highest BCUT2D eigenvalue weighted by molar-refractivity contribution is 9.13. The van der Waals surface area contributed by atoms with Crippen LogP contribution in [0.25, 0.3) is 11.0 Å². The summed E-state index contributed by atoms with van der Waals surface area (Å²) in [5, 5.41) is 15.0. The van der Waals surface area contributed by atoms with E-state index in [1.807, 2.05) is 17.6 Å². The second-order valence-corrected chi connectivity index (χ2v) is 7.45. The summed E-state index contributed by atoms with van der Waals surface area (Å²) in [5.41, 5.74) is 1.20. The Kier molecular flexibility index (Phi) is 4.91. The number of hydrogen-bond donors (Lipinski definition) is 1. The molecule has 1 aromatic carbocycles. The van der Waals surface area contributed by atoms with Crippen LogP contribution >= 0.6 is 31.9 Å². The second-order valence-electron chi connectivity index (χ2n) is 5.80. The van der Waals surface area contributed by atoms with E-state index in [1.165, 1.54) is 19.3 Å². The molecule has 6 nitrogen and oxygen atoms in total. The van der Waals surface area contributed by atoms with Gasteiger partial charge in [-0.05, 0) is 57.7 Å². The van der Waals surface area contributed by atoms with Gasteiger partial charge in [0.25, 0.3) is 0 Å². The van der Waals surface area contributed by atoms with Gasteiger partial charge in [-0.1, -0.05) is 19.3 Å². The molecule has 124 valence electrons. The van der Waals surface area contributed by atoms with Crippen molar-refractivity contribution in [1.82, 2.24) is 9.55 Å². The predicted octanol–water partition coefficient (Wildman–Crippen LogP) is 5.23. The minimum Gasteiger partial charge on any atom is -0.353 e. The molecule has 0 spiro atoms. The van der Waals surface area contributed by atoms with Gasteiger partial charge in [0.2, 0.25) is 5.95 Å². The lowest BCUT2D eigenvalue weighted by Gasteiger charge is -2.23. The van der Waals surface area contributed by atoms with E-state index in [4.69, 9.17) is 0 Å². The molecule has 1 N–H and O–H groups in total. The average molecular weight is 446 g/mol. The van der Waals surface area contributed by atoms with Crippen LogP contribution in [0.5, 0.6) is 0 Å². The van der Waals surface area contributed by atoms with Crippen LogP contribution < -0.4 is 5.32 Å². The lowest BCUT2D eigenvalue weighted by molar-refractivity contribution is -0.384. The van der Waals surface area contributed by atoms with E-state index in [9.17, 15) is 10.1 Å². The summed E-state index contributed by atoms with van der Waals surface area (Å²) in [6.07, 6.45) is 5.99. The SMILES string of the molecule is CCn1c(NC2CCCCC2)nc2c([N+](=O)[O-])c(Br)c(Br)cc21. The zero-order valence-electron chi connectivity index (χ0n) is 12.8. The molecule has 0 saturated heterocycles. The molecular weight excluding hydrogens is 428 g/mol. The number of benzene rings is 1. The Balaban J connectivity index is 2.11. The molecular formula is C15H18Br2N4O2. The lowest BCUT2D eigenvalue weighted by Crippen LogP contribution is -2.24. The fourth-order valence-corrected chi connectivity index (χ4v) is 4.06. The molecule has 1 aliphatic rings. The van der Waals surface area contributed by atoms with Gasteiger partial charge < -0.3 is 9.88 Å². The van der Waals surface area contributed by atoms with Crippen molar-refractivity contribution in [3.05, 3.63) is 25.1 Å². The zero-order valence-corrected chi connectivity index (χ0v) is 16.0. The Bertz CT molecular complexity index is 754. The summed E-state index contributed by atoms with van der Waals surface area (Å²) < 4.78 is 3.10. The molecule has 0 radical (unpaired) electrons. The fraction of sp³-hybridized carbons (Fsp3) is 0.533. The third kappa shape index (κ3) is 3.10. The van der Waals surface area contributed by atoms with Gasteiger partial charge in [-0.2, -0.15) is 0 Å². The molecule has 1 aliphatic carbocycles. The van der Waals surface area contributed by atoms with Crippen molar-refractivity contribution in [3.63, 3.8) is 0 Å². The molecule has 0 atom stereocenters. The number of rotatable bonds is 4. The van der Waals surface area contributed by atoms with Crippen LogP contribution in [0.15, 0.2) is 15.0 Å². The predicted molar refractivity (Wildman–Crippen MR) is 98.0 cm³/mol. The van der Waals surface area contributed by atoms with Crippen LogP contribution in [0.2, 0.25) is 0 Å². The summed E-state index contributed by atoms with van der Waals surface area (Å²) in [7, 11) is 0. The Hall–Kier alpha value is -1.15. The monoisotopic (exact) mass is 444 g/mol. The van der Waals surface area contributed by atoms with Gasteiger partial charge in [0.1, 0.15) is 4.47 Å². The first kappa shape index (κ1) is 16.7. The van der Waals surface area contributed by atoms with Gasteiger partial charge in [0.05, 0.1) is 10.4 Å². The smallest absolute Gasteiger partial charge is 0.312 e. The van der Waals surface area contributed by atoms with Crippen LogP contribution in [0.4, 0.5) is 11.6 Å². The van der Waals surface area contributed by atoms with Gasteiger partial charge in [-0.25, -0.2) is 4.98 Å². The number of fused-ring (bicyclic) bond motifs is 1. The third-order valence-electron chi connectivity index (χ3n) is 4.35. The summed E-state index contributed by atoms with van der Waals surface area (Å²) >= 11 is 6.69. The van der Waals surface area contributed by atoms with Gasteiger partial charge >= 0.3 is 5.69 Å². The van der Waals surface area contributed by atoms with E-state index in [0.717, 1.165) is 24.3 Å². The molecule has 1 heterocycles. The third-order valence-corrected chi connectivity index (χ3v) is 6.31. The number of nitrogens with zero attached hydrogens (tertiary/aromatic N) is 3. The second kappa shape index (κ2) is 6.76. The number of hydrogen-bond acceptors (Lipinski definition) is 4. The first-order valence-corrected chi connectivity index (χ1v) is 9.40. The maximum atomic E-state index is 11.5. The number of nitro benzene ring substituents is 1. The summed E-state index contributed by atoms with van der Waals surface area (Å²) in [6.45, 7) is 2.73. The molecule has 0 unspecified atom stereocenters. The van der Waals surface area contributed by atoms with E-state index in [2.05, 4.69) is 42.2 Å². The van der Waals surface area contributed by atoms with Crippen LogP contribution in [-0.2, 0) is 6.54 Å². The van der Waals surface area contributed by atoms with Crippen molar-refractivity contribution in [3.8, 4) is 0 Å². The Morgan fingerprint density at radius 1 is 1.39 bits per heavy atom. The molecule has 1 fully saturated rings. The lowest BCUT2D eigenvalue weighted by atomic mass is 9.96. The van der Waals surface area contributed by atoms with Crippen LogP contribution in [0.1, 0.15) is 39.0 Å². The van der Waals surface area contributed by atoms with E-state index in [1.54, 1.807) is 0 Å². The maximum absolute atomic E-state index is 11.5. The highest BCUT2D eigenvalue weighted by Crippen LogP contribution is 2.40. The summed E-state index contributed by atoms with van der Waals surface area (Å²) in [4.78, 5) is 15.7. The molecule has 0 amide bonds. The molecule has 3 rings (SSSR count). The Labute approximate surface area is 151 Å². The van der Waals surface area contributed by atoms with Crippen molar-refractivity contribution >= 4 is 54.5 Å². The maximum Gasteiger partial charge on any atom is 0.312 e. The highest BCUT2D eigenvalue weighted by atomic mass is 79.9. The quantitative estimate of drug-likeness (QED) is 0.516. The molecule has 1 saturated carbocycles. The van der Waals surface area contributed by atoms with E-state index >= 15 is 0 Å². The van der Waals surface area contributed by atoms with Gasteiger partial charge in [0.15, 0.2) is 5.52 Å². The van der Waals surface area contributed by atoms with Crippen LogP contribution in [-0.4, -0.2) is 20.5 Å². The number of aromatic nitrogens is 2. The van der Waals surface area contributed by atoms with Crippen molar-refractivity contribution < 1.29 is 4.92 Å². The largest absolute Gasteiger partial charge is 0.353 e. The van der Waals surface area contributed by atoms with Crippen molar-refractivity contribution in [2.45, 2.75) is 51.6 Å². The molecule has 8 heteroatoms. The Morgan fingerprint density at radius 2 is 2.09 bits per heavy atom. The fourth-order valence-electron chi connectivity index (χ4n) is 3.21. The highest BCUT2D eigenvalue weighted by Gasteiger charge is 2.26. The van der Waals surface area contributed by atoms with Gasteiger partial charge in [-0.3, -0.25) is 10.1 Å². The van der Waals surface area contributed by atoms with E-state index < -0.39 is 0 Å². The van der Waals surface area contributed by atoms with Crippen LogP contribution in [0.3, 0.4) is 0 Å². The summed E-state index contributed by atoms with van der Waals surface area (Å²) in [6, 6.07) is 2.28. The van der Waals surface area contributed by atoms with Crippen molar-refractivity contribution in [2.24, 2.45) is 0 Å². The first-order chi connectivity index (χ1) is 11.0. The average Bonchev–Trinajstić information content (AvgIpc) is 2.85.